The molecule has 4 amide bonds. The molecule has 33 heavy (non-hydrogen) atoms. The number of methoxy groups -OCH3 is 1. The average molecular weight is 467 g/mol. The summed E-state index contributed by atoms with van der Waals surface area (Å²) in [6.45, 7) is 5.64. The first kappa shape index (κ1) is 25.1. The minimum atomic E-state index is -1.02. The lowest BCUT2D eigenvalue weighted by molar-refractivity contribution is -0.153. The van der Waals surface area contributed by atoms with Gasteiger partial charge in [-0.05, 0) is 52.9 Å². The van der Waals surface area contributed by atoms with E-state index in [4.69, 9.17) is 9.47 Å². The molecule has 3 rings (SSSR count). The summed E-state index contributed by atoms with van der Waals surface area (Å²) < 4.78 is 10.3. The second-order valence-electron chi connectivity index (χ2n) is 10.2. The van der Waals surface area contributed by atoms with Crippen LogP contribution in [-0.2, 0) is 19.1 Å². The van der Waals surface area contributed by atoms with Gasteiger partial charge in [0.15, 0.2) is 0 Å². The molecule has 0 radical (unpaired) electrons. The van der Waals surface area contributed by atoms with Crippen LogP contribution in [0.25, 0.3) is 0 Å². The van der Waals surface area contributed by atoms with Crippen molar-refractivity contribution < 1.29 is 28.7 Å². The number of carbonyl (C=O) groups is 4. The van der Waals surface area contributed by atoms with Gasteiger partial charge >= 0.3 is 18.1 Å². The van der Waals surface area contributed by atoms with Crippen molar-refractivity contribution in [3.8, 4) is 0 Å². The molecule has 0 spiro atoms. The fourth-order valence-corrected chi connectivity index (χ4v) is 5.00. The number of nitrogens with one attached hydrogen (secondary N) is 2. The van der Waals surface area contributed by atoms with Crippen LogP contribution in [0.5, 0.6) is 0 Å². The molecule has 2 heterocycles. The number of alkyl carbamates (subject to hydrolysis) is 1. The molecule has 0 aromatic heterocycles. The molecule has 186 valence electrons. The van der Waals surface area contributed by atoms with Crippen LogP contribution in [0.1, 0.15) is 72.1 Å². The van der Waals surface area contributed by atoms with Crippen molar-refractivity contribution in [3.05, 3.63) is 0 Å². The SMILES string of the molecule is COC(=O)[C@@H]1CC[C@@H]2CCN(C(=O)NC3CCCCC3)C[C@H](NC(=O)OC(C)(C)C)C(=O)N21. The smallest absolute Gasteiger partial charge is 0.408 e. The van der Waals surface area contributed by atoms with Crippen LogP contribution in [-0.4, -0.2) is 83.8 Å². The predicted molar refractivity (Wildman–Crippen MR) is 120 cm³/mol. The van der Waals surface area contributed by atoms with Crippen molar-refractivity contribution in [3.63, 3.8) is 0 Å². The number of fused-ring (bicyclic) bond motifs is 1. The molecule has 3 atom stereocenters. The molecule has 1 saturated carbocycles. The van der Waals surface area contributed by atoms with Gasteiger partial charge in [-0.25, -0.2) is 14.4 Å². The van der Waals surface area contributed by atoms with Gasteiger partial charge in [-0.1, -0.05) is 19.3 Å². The number of carbonyl (C=O) groups excluding carboxylic acids is 4. The van der Waals surface area contributed by atoms with E-state index in [1.807, 2.05) is 0 Å². The second kappa shape index (κ2) is 10.6. The molecular weight excluding hydrogens is 428 g/mol. The number of urea groups is 1. The van der Waals surface area contributed by atoms with Gasteiger partial charge in [0.1, 0.15) is 17.7 Å². The molecule has 2 saturated heterocycles. The van der Waals surface area contributed by atoms with Gasteiger partial charge in [0.2, 0.25) is 5.91 Å². The van der Waals surface area contributed by atoms with Crippen LogP contribution in [0.4, 0.5) is 9.59 Å². The maximum absolute atomic E-state index is 13.6. The van der Waals surface area contributed by atoms with E-state index in [1.165, 1.54) is 13.5 Å². The number of esters is 1. The quantitative estimate of drug-likeness (QED) is 0.616. The van der Waals surface area contributed by atoms with Crippen LogP contribution in [0.3, 0.4) is 0 Å². The summed E-state index contributed by atoms with van der Waals surface area (Å²) in [6, 6.07) is -1.99. The summed E-state index contributed by atoms with van der Waals surface area (Å²) in [5.74, 6) is -0.858. The third-order valence-electron chi connectivity index (χ3n) is 6.57. The highest BCUT2D eigenvalue weighted by Gasteiger charge is 2.46. The van der Waals surface area contributed by atoms with E-state index >= 15 is 0 Å². The second-order valence-corrected chi connectivity index (χ2v) is 10.2. The van der Waals surface area contributed by atoms with Gasteiger partial charge in [0.25, 0.3) is 0 Å². The predicted octanol–water partition coefficient (Wildman–Crippen LogP) is 2.16. The zero-order valence-corrected chi connectivity index (χ0v) is 20.2. The fourth-order valence-electron chi connectivity index (χ4n) is 5.00. The molecule has 3 fully saturated rings. The van der Waals surface area contributed by atoms with Crippen molar-refractivity contribution in [2.75, 3.05) is 20.2 Å². The maximum atomic E-state index is 13.6. The normalized spacial score (nSPS) is 26.7. The Balaban J connectivity index is 1.78. The highest BCUT2D eigenvalue weighted by molar-refractivity contribution is 5.91. The molecule has 2 N–H and O–H groups in total. The first-order valence-electron chi connectivity index (χ1n) is 12.0. The monoisotopic (exact) mass is 466 g/mol. The lowest BCUT2D eigenvalue weighted by Crippen LogP contribution is -2.61. The van der Waals surface area contributed by atoms with Crippen LogP contribution >= 0.6 is 0 Å². The Labute approximate surface area is 195 Å². The zero-order valence-electron chi connectivity index (χ0n) is 20.2. The van der Waals surface area contributed by atoms with E-state index < -0.39 is 35.7 Å². The summed E-state index contributed by atoms with van der Waals surface area (Å²) >= 11 is 0. The maximum Gasteiger partial charge on any atom is 0.408 e. The molecule has 1 aliphatic carbocycles. The van der Waals surface area contributed by atoms with E-state index in [2.05, 4.69) is 10.6 Å². The third kappa shape index (κ3) is 6.51. The van der Waals surface area contributed by atoms with E-state index in [0.717, 1.165) is 25.7 Å². The topological polar surface area (TPSA) is 117 Å². The van der Waals surface area contributed by atoms with Crippen molar-refractivity contribution in [1.82, 2.24) is 20.4 Å². The Morgan fingerprint density at radius 3 is 2.30 bits per heavy atom. The Kier molecular flexibility index (Phi) is 8.07. The van der Waals surface area contributed by atoms with Crippen LogP contribution < -0.4 is 10.6 Å². The number of hydrogen-bond donors (Lipinski definition) is 2. The van der Waals surface area contributed by atoms with Gasteiger partial charge in [-0.2, -0.15) is 0 Å². The first-order chi connectivity index (χ1) is 15.6. The number of nitrogens with zero attached hydrogens (tertiary/aromatic N) is 2. The van der Waals surface area contributed by atoms with Crippen molar-refractivity contribution >= 4 is 24.0 Å². The Hall–Kier alpha value is -2.52. The summed E-state index contributed by atoms with van der Waals surface area (Å²) in [6.07, 6.45) is 6.25. The van der Waals surface area contributed by atoms with E-state index in [0.29, 0.717) is 25.8 Å². The van der Waals surface area contributed by atoms with E-state index in [-0.39, 0.29) is 24.7 Å². The molecule has 10 heteroatoms. The van der Waals surface area contributed by atoms with Crippen LogP contribution in [0.15, 0.2) is 0 Å². The number of amides is 4. The first-order valence-corrected chi connectivity index (χ1v) is 12.0. The summed E-state index contributed by atoms with van der Waals surface area (Å²) in [7, 11) is 1.30. The molecule has 0 aromatic rings. The van der Waals surface area contributed by atoms with Gasteiger partial charge in [-0.3, -0.25) is 4.79 Å². The molecular formula is C23H38N4O6. The lowest BCUT2D eigenvalue weighted by Gasteiger charge is -2.39. The molecule has 10 nitrogen and oxygen atoms in total. The highest BCUT2D eigenvalue weighted by Crippen LogP contribution is 2.30. The Morgan fingerprint density at radius 1 is 0.970 bits per heavy atom. The number of rotatable bonds is 3. The zero-order chi connectivity index (χ0) is 24.2. The van der Waals surface area contributed by atoms with Crippen molar-refractivity contribution in [1.29, 1.82) is 0 Å². The largest absolute Gasteiger partial charge is 0.467 e. The third-order valence-corrected chi connectivity index (χ3v) is 6.57. The van der Waals surface area contributed by atoms with Crippen molar-refractivity contribution in [2.45, 2.75) is 102 Å². The Bertz CT molecular complexity index is 746. The van der Waals surface area contributed by atoms with Crippen LogP contribution in [0, 0.1) is 0 Å². The minimum absolute atomic E-state index is 0.00768. The standard InChI is InChI=1S/C23H38N4O6/c1-23(2,3)33-22(31)25-17-14-26(21(30)24-15-8-6-5-7-9-15)13-12-16-10-11-18(20(29)32-4)27(16)19(17)28/h15-18H,5-14H2,1-4H3,(H,24,30)(H,25,31)/t16-,17+,18+/m1/s1. The van der Waals surface area contributed by atoms with E-state index in [1.54, 1.807) is 30.6 Å². The molecule has 2 aliphatic heterocycles. The minimum Gasteiger partial charge on any atom is -0.467 e. The number of ether oxygens (including phenoxy) is 2. The van der Waals surface area contributed by atoms with Crippen molar-refractivity contribution in [2.24, 2.45) is 0 Å². The average Bonchev–Trinajstić information content (AvgIpc) is 3.16. The Morgan fingerprint density at radius 2 is 1.67 bits per heavy atom. The van der Waals surface area contributed by atoms with Crippen LogP contribution in [0.2, 0.25) is 0 Å². The molecule has 0 unspecified atom stereocenters. The highest BCUT2D eigenvalue weighted by atomic mass is 16.6. The summed E-state index contributed by atoms with van der Waals surface area (Å²) in [4.78, 5) is 54.6. The molecule has 0 bridgehead atoms. The molecule has 0 aromatic carbocycles. The van der Waals surface area contributed by atoms with Gasteiger partial charge < -0.3 is 29.9 Å². The van der Waals surface area contributed by atoms with E-state index in [9.17, 15) is 19.2 Å². The summed E-state index contributed by atoms with van der Waals surface area (Å²) in [5.41, 5.74) is -0.739. The van der Waals surface area contributed by atoms with Gasteiger partial charge in [-0.15, -0.1) is 0 Å². The van der Waals surface area contributed by atoms with Gasteiger partial charge in [0, 0.05) is 18.6 Å². The lowest BCUT2D eigenvalue weighted by atomic mass is 9.96. The van der Waals surface area contributed by atoms with Gasteiger partial charge in [0.05, 0.1) is 13.7 Å². The summed E-state index contributed by atoms with van der Waals surface area (Å²) in [5, 5.41) is 5.75. The number of hydrogen-bond acceptors (Lipinski definition) is 6. The fraction of sp³-hybridized carbons (Fsp3) is 0.826. The molecule has 3 aliphatic rings.